The lowest BCUT2D eigenvalue weighted by atomic mass is 10.3. The summed E-state index contributed by atoms with van der Waals surface area (Å²) in [7, 11) is 1.83. The maximum atomic E-state index is 10.9. The molecule has 0 aliphatic rings. The van der Waals surface area contributed by atoms with Crippen LogP contribution in [0.1, 0.15) is 19.5 Å². The van der Waals surface area contributed by atoms with Gasteiger partial charge in [0.15, 0.2) is 0 Å². The van der Waals surface area contributed by atoms with Crippen LogP contribution in [-0.4, -0.2) is 40.0 Å². The van der Waals surface area contributed by atoms with Crippen molar-refractivity contribution < 1.29 is 4.79 Å². The average molecular weight is 243 g/mol. The first-order valence-corrected chi connectivity index (χ1v) is 5.83. The molecule has 0 spiro atoms. The monoisotopic (exact) mass is 243 g/mol. The molecule has 0 atom stereocenters. The molecule has 1 aromatic rings. The van der Waals surface area contributed by atoms with Crippen molar-refractivity contribution >= 4 is 22.4 Å². The standard InChI is InChI=1S/C9H17N5OS/c1-6(2)14(5-8(10)15)4-7-9(11-3)16-13-12-7/h6,11H,4-5H2,1-3H3,(H2,10,15). The number of nitrogens with zero attached hydrogens (tertiary/aromatic N) is 3. The Labute approximate surface area is 99.0 Å². The highest BCUT2D eigenvalue weighted by Crippen LogP contribution is 2.19. The predicted molar refractivity (Wildman–Crippen MR) is 64.2 cm³/mol. The minimum absolute atomic E-state index is 0.234. The quantitative estimate of drug-likeness (QED) is 0.749. The first kappa shape index (κ1) is 12.9. The molecule has 6 nitrogen and oxygen atoms in total. The van der Waals surface area contributed by atoms with Gasteiger partial charge in [0.2, 0.25) is 5.91 Å². The van der Waals surface area contributed by atoms with Gasteiger partial charge in [-0.25, -0.2) is 0 Å². The lowest BCUT2D eigenvalue weighted by molar-refractivity contribution is -0.119. The van der Waals surface area contributed by atoms with Crippen molar-refractivity contribution in [2.24, 2.45) is 5.73 Å². The van der Waals surface area contributed by atoms with Crippen molar-refractivity contribution in [3.8, 4) is 0 Å². The molecule has 0 saturated carbocycles. The maximum Gasteiger partial charge on any atom is 0.231 e. The summed E-state index contributed by atoms with van der Waals surface area (Å²) < 4.78 is 3.87. The van der Waals surface area contributed by atoms with Gasteiger partial charge in [-0.05, 0) is 13.8 Å². The molecular formula is C9H17N5OS. The predicted octanol–water partition coefficient (Wildman–Crippen LogP) is 0.276. The minimum Gasteiger partial charge on any atom is -0.377 e. The van der Waals surface area contributed by atoms with E-state index in [0.717, 1.165) is 10.7 Å². The van der Waals surface area contributed by atoms with Crippen molar-refractivity contribution in [1.82, 2.24) is 14.5 Å². The molecule has 0 saturated heterocycles. The Morgan fingerprint density at radius 2 is 2.31 bits per heavy atom. The topological polar surface area (TPSA) is 84.1 Å². The van der Waals surface area contributed by atoms with Crippen molar-refractivity contribution in [2.75, 3.05) is 18.9 Å². The molecule has 0 fully saturated rings. The number of hydrogen-bond acceptors (Lipinski definition) is 6. The average Bonchev–Trinajstić information content (AvgIpc) is 2.63. The Morgan fingerprint density at radius 3 is 2.81 bits per heavy atom. The molecule has 1 amide bonds. The molecule has 0 unspecified atom stereocenters. The van der Waals surface area contributed by atoms with Gasteiger partial charge in [0, 0.05) is 31.2 Å². The normalized spacial score (nSPS) is 11.1. The van der Waals surface area contributed by atoms with Crippen LogP contribution in [0, 0.1) is 0 Å². The van der Waals surface area contributed by atoms with Crippen LogP contribution < -0.4 is 11.1 Å². The van der Waals surface area contributed by atoms with E-state index in [4.69, 9.17) is 5.73 Å². The van der Waals surface area contributed by atoms with Crippen LogP contribution in [0.2, 0.25) is 0 Å². The fraction of sp³-hybridized carbons (Fsp3) is 0.667. The van der Waals surface area contributed by atoms with Crippen molar-refractivity contribution in [3.05, 3.63) is 5.69 Å². The number of anilines is 1. The number of nitrogens with two attached hydrogens (primary N) is 1. The number of aromatic nitrogens is 2. The fourth-order valence-electron chi connectivity index (χ4n) is 1.32. The number of hydrogen-bond donors (Lipinski definition) is 2. The van der Waals surface area contributed by atoms with Gasteiger partial charge in [-0.1, -0.05) is 4.49 Å². The number of nitrogens with one attached hydrogen (secondary N) is 1. The van der Waals surface area contributed by atoms with Crippen LogP contribution in [0.25, 0.3) is 0 Å². The Bertz CT molecular complexity index is 351. The number of rotatable bonds is 6. The SMILES string of the molecule is CNc1snnc1CN(CC(N)=O)C(C)C. The summed E-state index contributed by atoms with van der Waals surface area (Å²) in [6.45, 7) is 4.84. The van der Waals surface area contributed by atoms with Crippen LogP contribution in [0.5, 0.6) is 0 Å². The van der Waals surface area contributed by atoms with E-state index in [-0.39, 0.29) is 18.5 Å². The number of carbonyl (C=O) groups excluding carboxylic acids is 1. The van der Waals surface area contributed by atoms with Crippen LogP contribution in [-0.2, 0) is 11.3 Å². The van der Waals surface area contributed by atoms with Gasteiger partial charge in [0.25, 0.3) is 0 Å². The van der Waals surface area contributed by atoms with Crippen molar-refractivity contribution in [2.45, 2.75) is 26.4 Å². The Morgan fingerprint density at radius 1 is 1.62 bits per heavy atom. The van der Waals surface area contributed by atoms with Gasteiger partial charge in [-0.2, -0.15) is 0 Å². The largest absolute Gasteiger partial charge is 0.377 e. The number of primary amides is 1. The zero-order valence-electron chi connectivity index (χ0n) is 9.73. The summed E-state index contributed by atoms with van der Waals surface area (Å²) in [6, 6.07) is 0.235. The highest BCUT2D eigenvalue weighted by Gasteiger charge is 2.16. The molecule has 0 aromatic carbocycles. The second-order valence-corrected chi connectivity index (χ2v) is 4.52. The Hall–Kier alpha value is -1.21. The maximum absolute atomic E-state index is 10.9. The summed E-state index contributed by atoms with van der Waals surface area (Å²) >= 11 is 1.31. The molecule has 0 radical (unpaired) electrons. The zero-order valence-corrected chi connectivity index (χ0v) is 10.5. The summed E-state index contributed by atoms with van der Waals surface area (Å²) in [4.78, 5) is 12.9. The smallest absolute Gasteiger partial charge is 0.231 e. The van der Waals surface area contributed by atoms with Gasteiger partial charge in [-0.3, -0.25) is 9.69 Å². The van der Waals surface area contributed by atoms with E-state index in [1.54, 1.807) is 0 Å². The molecule has 0 aliphatic carbocycles. The fourth-order valence-corrected chi connectivity index (χ4v) is 1.84. The van der Waals surface area contributed by atoms with Gasteiger partial charge in [0.1, 0.15) is 10.7 Å². The molecule has 1 rings (SSSR count). The first-order chi connectivity index (χ1) is 7.54. The molecule has 16 heavy (non-hydrogen) atoms. The highest BCUT2D eigenvalue weighted by molar-refractivity contribution is 7.10. The third-order valence-electron chi connectivity index (χ3n) is 2.22. The molecule has 3 N–H and O–H groups in total. The van der Waals surface area contributed by atoms with E-state index in [9.17, 15) is 4.79 Å². The minimum atomic E-state index is -0.331. The third-order valence-corrected chi connectivity index (χ3v) is 3.01. The lowest BCUT2D eigenvalue weighted by Gasteiger charge is -2.23. The first-order valence-electron chi connectivity index (χ1n) is 5.06. The van der Waals surface area contributed by atoms with E-state index in [0.29, 0.717) is 6.54 Å². The molecular weight excluding hydrogens is 226 g/mol. The van der Waals surface area contributed by atoms with Crippen molar-refractivity contribution in [1.29, 1.82) is 0 Å². The Kier molecular flexibility index (Phi) is 4.63. The van der Waals surface area contributed by atoms with Gasteiger partial charge < -0.3 is 11.1 Å². The van der Waals surface area contributed by atoms with E-state index in [2.05, 4.69) is 14.9 Å². The van der Waals surface area contributed by atoms with E-state index < -0.39 is 0 Å². The summed E-state index contributed by atoms with van der Waals surface area (Å²) in [6.07, 6.45) is 0. The number of carbonyl (C=O) groups is 1. The summed E-state index contributed by atoms with van der Waals surface area (Å²) in [5.41, 5.74) is 6.05. The molecule has 90 valence electrons. The lowest BCUT2D eigenvalue weighted by Crippen LogP contribution is -2.38. The molecule has 0 bridgehead atoms. The van der Waals surface area contributed by atoms with Gasteiger partial charge in [0.05, 0.1) is 6.54 Å². The van der Waals surface area contributed by atoms with Crippen LogP contribution in [0.4, 0.5) is 5.00 Å². The Balaban J connectivity index is 2.71. The molecule has 0 aliphatic heterocycles. The highest BCUT2D eigenvalue weighted by atomic mass is 32.1. The molecule has 1 heterocycles. The second-order valence-electron chi connectivity index (χ2n) is 3.76. The van der Waals surface area contributed by atoms with Gasteiger partial charge >= 0.3 is 0 Å². The van der Waals surface area contributed by atoms with Crippen LogP contribution >= 0.6 is 11.5 Å². The summed E-state index contributed by atoms with van der Waals surface area (Å²) in [5.74, 6) is -0.331. The zero-order chi connectivity index (χ0) is 12.1. The van der Waals surface area contributed by atoms with E-state index >= 15 is 0 Å². The summed E-state index contributed by atoms with van der Waals surface area (Å²) in [5, 5.41) is 7.98. The second kappa shape index (κ2) is 5.76. The van der Waals surface area contributed by atoms with Crippen LogP contribution in [0.15, 0.2) is 0 Å². The van der Waals surface area contributed by atoms with E-state index in [1.165, 1.54) is 11.5 Å². The van der Waals surface area contributed by atoms with Crippen LogP contribution in [0.3, 0.4) is 0 Å². The third kappa shape index (κ3) is 3.42. The van der Waals surface area contributed by atoms with Crippen molar-refractivity contribution in [3.63, 3.8) is 0 Å². The van der Waals surface area contributed by atoms with E-state index in [1.807, 2.05) is 25.8 Å². The number of amides is 1. The van der Waals surface area contributed by atoms with Gasteiger partial charge in [-0.15, -0.1) is 5.10 Å². The molecule has 1 aromatic heterocycles. The molecule has 7 heteroatoms.